The second-order valence-electron chi connectivity index (χ2n) is 9.11. The van der Waals surface area contributed by atoms with E-state index in [1.807, 2.05) is 37.3 Å². The highest BCUT2D eigenvalue weighted by Crippen LogP contribution is 2.38. The van der Waals surface area contributed by atoms with Gasteiger partial charge in [0.2, 0.25) is 0 Å². The normalized spacial score (nSPS) is 22.4. The van der Waals surface area contributed by atoms with Crippen LogP contribution < -0.4 is 4.90 Å². The van der Waals surface area contributed by atoms with E-state index in [0.29, 0.717) is 25.9 Å². The number of ether oxygens (including phenoxy) is 2. The monoisotopic (exact) mass is 463 g/mol. The molecule has 2 aliphatic rings. The number of rotatable bonds is 4. The number of carboxylic acid groups (broad SMARTS) is 1. The van der Waals surface area contributed by atoms with E-state index in [0.717, 1.165) is 46.5 Å². The zero-order chi connectivity index (χ0) is 23.8. The molecule has 178 valence electrons. The molecule has 1 saturated heterocycles. The number of aliphatic carboxylic acids is 1. The first-order valence-electron chi connectivity index (χ1n) is 11.8. The maximum atomic E-state index is 12.5. The summed E-state index contributed by atoms with van der Waals surface area (Å²) in [4.78, 5) is 30.7. The van der Waals surface area contributed by atoms with Gasteiger partial charge in [-0.05, 0) is 50.3 Å². The van der Waals surface area contributed by atoms with Crippen LogP contribution in [0.2, 0.25) is 0 Å². The van der Waals surface area contributed by atoms with Crippen molar-refractivity contribution in [1.29, 1.82) is 0 Å². The highest BCUT2D eigenvalue weighted by atomic mass is 16.5. The summed E-state index contributed by atoms with van der Waals surface area (Å²) in [6.07, 6.45) is 2.35. The van der Waals surface area contributed by atoms with Crippen LogP contribution in [0.3, 0.4) is 0 Å². The third kappa shape index (κ3) is 3.92. The number of amides is 1. The number of hydrogen-bond donors (Lipinski definition) is 1. The lowest BCUT2D eigenvalue weighted by molar-refractivity contribution is -0.154. The van der Waals surface area contributed by atoms with Crippen LogP contribution in [-0.2, 0) is 27.1 Å². The highest BCUT2D eigenvalue weighted by Gasteiger charge is 2.34. The van der Waals surface area contributed by atoms with Crippen LogP contribution in [0.1, 0.15) is 49.2 Å². The van der Waals surface area contributed by atoms with Gasteiger partial charge in [0.05, 0.1) is 36.5 Å². The molecule has 8 nitrogen and oxygen atoms in total. The SMILES string of the molecule is COC(=O)N1c2ccc3c(nc(Cc4ccccc4)n3[C@@H]3CC[C@@H](C(=O)O)OC3)c2CCC1C. The summed E-state index contributed by atoms with van der Waals surface area (Å²) in [5.74, 6) is 0.00440. The van der Waals surface area contributed by atoms with Crippen molar-refractivity contribution in [3.63, 3.8) is 0 Å². The Balaban J connectivity index is 1.61. The first-order chi connectivity index (χ1) is 16.5. The molecule has 3 heterocycles. The number of anilines is 1. The third-order valence-electron chi connectivity index (χ3n) is 7.00. The Labute approximate surface area is 198 Å². The molecule has 0 spiro atoms. The van der Waals surface area contributed by atoms with Crippen molar-refractivity contribution < 1.29 is 24.2 Å². The summed E-state index contributed by atoms with van der Waals surface area (Å²) >= 11 is 0. The van der Waals surface area contributed by atoms with Crippen LogP contribution in [0.5, 0.6) is 0 Å². The Morgan fingerprint density at radius 2 is 1.94 bits per heavy atom. The van der Waals surface area contributed by atoms with E-state index in [9.17, 15) is 14.7 Å². The average Bonchev–Trinajstić information content (AvgIpc) is 3.22. The summed E-state index contributed by atoms with van der Waals surface area (Å²) in [5, 5.41) is 9.33. The van der Waals surface area contributed by atoms with E-state index >= 15 is 0 Å². The fourth-order valence-corrected chi connectivity index (χ4v) is 5.27. The molecule has 34 heavy (non-hydrogen) atoms. The first-order valence-corrected chi connectivity index (χ1v) is 11.8. The molecule has 0 aliphatic carbocycles. The molecule has 1 fully saturated rings. The number of carbonyl (C=O) groups excluding carboxylic acids is 1. The molecule has 8 heteroatoms. The van der Waals surface area contributed by atoms with Crippen LogP contribution in [0.4, 0.5) is 10.5 Å². The average molecular weight is 464 g/mol. The largest absolute Gasteiger partial charge is 0.479 e. The van der Waals surface area contributed by atoms with Gasteiger partial charge in [-0.1, -0.05) is 30.3 Å². The fourth-order valence-electron chi connectivity index (χ4n) is 5.27. The van der Waals surface area contributed by atoms with Crippen molar-refractivity contribution in [2.75, 3.05) is 18.6 Å². The van der Waals surface area contributed by atoms with Crippen molar-refractivity contribution in [1.82, 2.24) is 9.55 Å². The van der Waals surface area contributed by atoms with Gasteiger partial charge in [-0.25, -0.2) is 14.6 Å². The molecule has 1 aromatic heterocycles. The number of hydrogen-bond acceptors (Lipinski definition) is 5. The van der Waals surface area contributed by atoms with Crippen LogP contribution in [-0.4, -0.2) is 52.6 Å². The second kappa shape index (κ2) is 9.10. The van der Waals surface area contributed by atoms with E-state index < -0.39 is 12.1 Å². The van der Waals surface area contributed by atoms with Crippen molar-refractivity contribution in [2.24, 2.45) is 0 Å². The van der Waals surface area contributed by atoms with Crippen molar-refractivity contribution in [2.45, 2.75) is 57.2 Å². The van der Waals surface area contributed by atoms with Gasteiger partial charge in [0, 0.05) is 18.0 Å². The minimum atomic E-state index is -0.912. The van der Waals surface area contributed by atoms with Gasteiger partial charge >= 0.3 is 12.1 Å². The molecular weight excluding hydrogens is 434 g/mol. The number of nitrogens with zero attached hydrogens (tertiary/aromatic N) is 3. The Morgan fingerprint density at radius 3 is 2.62 bits per heavy atom. The summed E-state index contributed by atoms with van der Waals surface area (Å²) < 4.78 is 13.0. The Bertz CT molecular complexity index is 1210. The van der Waals surface area contributed by atoms with Crippen LogP contribution in [0, 0.1) is 0 Å². The van der Waals surface area contributed by atoms with Gasteiger partial charge in [-0.15, -0.1) is 0 Å². The second-order valence-corrected chi connectivity index (χ2v) is 9.11. The number of carboxylic acids is 1. The number of imidazole rings is 1. The minimum Gasteiger partial charge on any atom is -0.479 e. The van der Waals surface area contributed by atoms with Gasteiger partial charge in [0.25, 0.3) is 0 Å². The lowest BCUT2D eigenvalue weighted by Crippen LogP contribution is -2.42. The van der Waals surface area contributed by atoms with Crippen LogP contribution >= 0.6 is 0 Å². The van der Waals surface area contributed by atoms with Crippen LogP contribution in [0.15, 0.2) is 42.5 Å². The lowest BCUT2D eigenvalue weighted by Gasteiger charge is -2.34. The Hall–Kier alpha value is -3.39. The molecule has 3 atom stereocenters. The maximum absolute atomic E-state index is 12.5. The van der Waals surface area contributed by atoms with E-state index in [-0.39, 0.29) is 18.2 Å². The summed E-state index contributed by atoms with van der Waals surface area (Å²) in [6, 6.07) is 14.2. The quantitative estimate of drug-likeness (QED) is 0.619. The minimum absolute atomic E-state index is 0.00316. The molecular formula is C26H29N3O5. The third-order valence-corrected chi connectivity index (χ3v) is 7.00. The molecule has 0 radical (unpaired) electrons. The molecule has 1 amide bonds. The molecule has 5 rings (SSSR count). The topological polar surface area (TPSA) is 93.9 Å². The van der Waals surface area contributed by atoms with E-state index in [2.05, 4.69) is 16.7 Å². The maximum Gasteiger partial charge on any atom is 0.414 e. The number of carbonyl (C=O) groups is 2. The zero-order valence-electron chi connectivity index (χ0n) is 19.4. The molecule has 1 N–H and O–H groups in total. The predicted octanol–water partition coefficient (Wildman–Crippen LogP) is 4.34. The van der Waals surface area contributed by atoms with Gasteiger partial charge in [-0.3, -0.25) is 4.90 Å². The lowest BCUT2D eigenvalue weighted by atomic mass is 9.95. The standard InChI is InChI=1S/C26H29N3O5/c1-16-8-10-19-20(28(16)26(32)33-2)11-12-21-24(19)27-23(14-17-6-4-3-5-7-17)29(21)18-9-13-22(25(30)31)34-15-18/h3-7,11-12,16,18,22H,8-10,13-15H2,1-2H3,(H,30,31)/t16?,18-,22+/m1/s1. The Morgan fingerprint density at radius 1 is 1.15 bits per heavy atom. The highest BCUT2D eigenvalue weighted by molar-refractivity contribution is 5.95. The number of benzene rings is 2. The summed E-state index contributed by atoms with van der Waals surface area (Å²) in [7, 11) is 1.40. The molecule has 1 unspecified atom stereocenters. The zero-order valence-corrected chi connectivity index (χ0v) is 19.4. The van der Waals surface area contributed by atoms with Gasteiger partial charge in [0.15, 0.2) is 6.10 Å². The first kappa shape index (κ1) is 22.4. The molecule has 0 saturated carbocycles. The Kier molecular flexibility index (Phi) is 6.00. The predicted molar refractivity (Wildman–Crippen MR) is 127 cm³/mol. The van der Waals surface area contributed by atoms with Crippen LogP contribution in [0.25, 0.3) is 11.0 Å². The van der Waals surface area contributed by atoms with Crippen molar-refractivity contribution in [3.8, 4) is 0 Å². The van der Waals surface area contributed by atoms with Gasteiger partial charge in [0.1, 0.15) is 5.82 Å². The molecule has 2 aliphatic heterocycles. The molecule has 3 aromatic rings. The fraction of sp³-hybridized carbons (Fsp3) is 0.423. The number of aryl methyl sites for hydroxylation is 1. The number of fused-ring (bicyclic) bond motifs is 3. The van der Waals surface area contributed by atoms with Gasteiger partial charge in [-0.2, -0.15) is 0 Å². The smallest absolute Gasteiger partial charge is 0.414 e. The van der Waals surface area contributed by atoms with E-state index in [1.165, 1.54) is 7.11 Å². The van der Waals surface area contributed by atoms with Crippen molar-refractivity contribution in [3.05, 3.63) is 59.4 Å². The number of methoxy groups -OCH3 is 1. The van der Waals surface area contributed by atoms with Gasteiger partial charge < -0.3 is 19.1 Å². The molecule has 0 bridgehead atoms. The van der Waals surface area contributed by atoms with E-state index in [1.54, 1.807) is 4.90 Å². The van der Waals surface area contributed by atoms with Crippen molar-refractivity contribution >= 4 is 28.8 Å². The summed E-state index contributed by atoms with van der Waals surface area (Å²) in [5.41, 5.74) is 4.93. The van der Waals surface area contributed by atoms with E-state index in [4.69, 9.17) is 14.5 Å². The molecule has 2 aromatic carbocycles. The number of aromatic nitrogens is 2. The summed E-state index contributed by atoms with van der Waals surface area (Å²) in [6.45, 7) is 2.36.